The van der Waals surface area contributed by atoms with E-state index in [-0.39, 0.29) is 19.0 Å². The van der Waals surface area contributed by atoms with Crippen molar-refractivity contribution in [1.82, 2.24) is 10.6 Å². The first kappa shape index (κ1) is 16.3. The van der Waals surface area contributed by atoms with Gasteiger partial charge in [-0.15, -0.1) is 0 Å². The summed E-state index contributed by atoms with van der Waals surface area (Å²) in [5.74, 6) is -2.25. The van der Waals surface area contributed by atoms with Gasteiger partial charge in [0.2, 0.25) is 5.91 Å². The first-order valence-electron chi connectivity index (χ1n) is 5.86. The molecule has 0 saturated carbocycles. The molecule has 0 saturated heterocycles. The second kappa shape index (κ2) is 9.37. The molecule has 0 aliphatic carbocycles. The van der Waals surface area contributed by atoms with E-state index >= 15 is 0 Å². The van der Waals surface area contributed by atoms with E-state index in [9.17, 15) is 19.5 Å². The smallest absolute Gasteiger partial charge is 0.275 e. The number of carbonyl (C=O) groups excluding carboxylic acids is 3. The monoisotopic (exact) mass is 261 g/mol. The van der Waals surface area contributed by atoms with Crippen LogP contribution >= 0.6 is 0 Å². The van der Waals surface area contributed by atoms with Crippen molar-refractivity contribution >= 4 is 17.8 Å². The molecule has 0 aromatic carbocycles. The standard InChI is InChI=1S/C10H20N4O4/c11-4-2-1-3-7(10(17)18)14-9(16)6-13-8(15)5-12/h7H,1-6,11-12H2,(H,13,15)(H,14,16)(H,17,18)/p+1/t7-/m0/s1. The van der Waals surface area contributed by atoms with E-state index < -0.39 is 17.9 Å². The molecule has 0 aromatic heterocycles. The van der Waals surface area contributed by atoms with Gasteiger partial charge in [0.05, 0.1) is 25.1 Å². The Labute approximate surface area is 105 Å². The molecular formula is C10H21N4O4+. The Kier molecular flexibility index (Phi) is 8.50. The Hall–Kier alpha value is -1.67. The molecule has 18 heavy (non-hydrogen) atoms. The zero-order valence-corrected chi connectivity index (χ0v) is 10.4. The molecule has 8 nitrogen and oxygen atoms in total. The quantitative estimate of drug-likeness (QED) is 0.307. The molecular weight excluding hydrogens is 240 g/mol. The number of carboxylic acid groups (broad SMARTS) is 1. The average molecular weight is 261 g/mol. The van der Waals surface area contributed by atoms with Crippen LogP contribution in [0.2, 0.25) is 0 Å². The van der Waals surface area contributed by atoms with E-state index in [0.29, 0.717) is 19.4 Å². The van der Waals surface area contributed by atoms with Crippen LogP contribution in [0.5, 0.6) is 0 Å². The van der Waals surface area contributed by atoms with Gasteiger partial charge < -0.3 is 32.0 Å². The third-order valence-electron chi connectivity index (χ3n) is 2.29. The highest BCUT2D eigenvalue weighted by Crippen LogP contribution is 1.99. The van der Waals surface area contributed by atoms with Crippen molar-refractivity contribution in [3.8, 4) is 0 Å². The van der Waals surface area contributed by atoms with Gasteiger partial charge in [0.15, 0.2) is 6.54 Å². The minimum Gasteiger partial charge on any atom is -0.548 e. The highest BCUT2D eigenvalue weighted by atomic mass is 16.4. The Bertz CT molecular complexity index is 296. The van der Waals surface area contributed by atoms with E-state index in [2.05, 4.69) is 22.1 Å². The predicted molar refractivity (Wildman–Crippen MR) is 59.3 cm³/mol. The summed E-state index contributed by atoms with van der Waals surface area (Å²) in [7, 11) is 0. The summed E-state index contributed by atoms with van der Waals surface area (Å²) in [6.45, 7) is 0.488. The number of hydrogen-bond donors (Lipinski definition) is 4. The molecule has 8 N–H and O–H groups in total. The maximum atomic E-state index is 11.4. The molecule has 0 unspecified atom stereocenters. The highest BCUT2D eigenvalue weighted by Gasteiger charge is 2.13. The fourth-order valence-electron chi connectivity index (χ4n) is 1.29. The van der Waals surface area contributed by atoms with Crippen molar-refractivity contribution in [2.24, 2.45) is 0 Å². The Morgan fingerprint density at radius 2 is 1.78 bits per heavy atom. The number of carboxylic acids is 1. The van der Waals surface area contributed by atoms with Crippen molar-refractivity contribution in [1.29, 1.82) is 0 Å². The van der Waals surface area contributed by atoms with Gasteiger partial charge in [0.25, 0.3) is 5.91 Å². The number of quaternary nitrogens is 2. The highest BCUT2D eigenvalue weighted by molar-refractivity contribution is 5.87. The van der Waals surface area contributed by atoms with Gasteiger partial charge in [-0.05, 0) is 19.3 Å². The first-order chi connectivity index (χ1) is 8.51. The van der Waals surface area contributed by atoms with E-state index in [0.717, 1.165) is 6.42 Å². The zero-order valence-electron chi connectivity index (χ0n) is 10.4. The Morgan fingerprint density at radius 3 is 2.28 bits per heavy atom. The molecule has 2 amide bonds. The van der Waals surface area contributed by atoms with E-state index in [1.54, 1.807) is 0 Å². The van der Waals surface area contributed by atoms with Gasteiger partial charge in [-0.25, -0.2) is 0 Å². The van der Waals surface area contributed by atoms with Crippen LogP contribution in [0, 0.1) is 0 Å². The van der Waals surface area contributed by atoms with Gasteiger partial charge >= 0.3 is 0 Å². The summed E-state index contributed by atoms with van der Waals surface area (Å²) >= 11 is 0. The summed E-state index contributed by atoms with van der Waals surface area (Å²) in [6, 6.07) is -1.03. The van der Waals surface area contributed by atoms with E-state index in [4.69, 9.17) is 0 Å². The van der Waals surface area contributed by atoms with Crippen LogP contribution in [0.25, 0.3) is 0 Å². The van der Waals surface area contributed by atoms with Gasteiger partial charge in [-0.3, -0.25) is 9.59 Å². The van der Waals surface area contributed by atoms with Crippen LogP contribution in [0.15, 0.2) is 0 Å². The lowest BCUT2D eigenvalue weighted by atomic mass is 10.1. The zero-order chi connectivity index (χ0) is 14.0. The first-order valence-corrected chi connectivity index (χ1v) is 5.86. The number of rotatable bonds is 9. The van der Waals surface area contributed by atoms with Crippen LogP contribution in [-0.4, -0.2) is 43.5 Å². The van der Waals surface area contributed by atoms with Crippen molar-refractivity contribution in [3.63, 3.8) is 0 Å². The molecule has 0 spiro atoms. The van der Waals surface area contributed by atoms with Crippen LogP contribution in [0.3, 0.4) is 0 Å². The topological polar surface area (TPSA) is 154 Å². The molecule has 1 atom stereocenters. The number of unbranched alkanes of at least 4 members (excludes halogenated alkanes) is 1. The van der Waals surface area contributed by atoms with E-state index in [1.165, 1.54) is 0 Å². The molecule has 0 aliphatic heterocycles. The normalized spacial score (nSPS) is 11.7. The molecule has 8 heteroatoms. The van der Waals surface area contributed by atoms with Crippen LogP contribution in [0.1, 0.15) is 19.3 Å². The lowest BCUT2D eigenvalue weighted by Gasteiger charge is -2.19. The Balaban J connectivity index is 4.03. The predicted octanol–water partition coefficient (Wildman–Crippen LogP) is -5.01. The van der Waals surface area contributed by atoms with E-state index in [1.807, 2.05) is 0 Å². The number of amides is 2. The molecule has 0 aliphatic rings. The average Bonchev–Trinajstić information content (AvgIpc) is 2.34. The van der Waals surface area contributed by atoms with Gasteiger partial charge in [-0.2, -0.15) is 0 Å². The lowest BCUT2D eigenvalue weighted by molar-refractivity contribution is -0.368. The molecule has 0 radical (unpaired) electrons. The summed E-state index contributed by atoms with van der Waals surface area (Å²) in [5.41, 5.74) is 6.99. The summed E-state index contributed by atoms with van der Waals surface area (Å²) < 4.78 is 0. The number of nitrogens with one attached hydrogen (secondary N) is 2. The minimum atomic E-state index is -1.32. The molecule has 0 rings (SSSR count). The molecule has 0 fully saturated rings. The molecule has 0 bridgehead atoms. The SMILES string of the molecule is [NH3+]CCCC[C@H](NC(=O)CNC(=O)C[NH3+])C(=O)[O-]. The number of carbonyl (C=O) groups is 3. The van der Waals surface area contributed by atoms with Gasteiger partial charge in [-0.1, -0.05) is 0 Å². The van der Waals surface area contributed by atoms with Crippen LogP contribution in [0.4, 0.5) is 0 Å². The maximum Gasteiger partial charge on any atom is 0.275 e. The van der Waals surface area contributed by atoms with Gasteiger partial charge in [0, 0.05) is 0 Å². The summed E-state index contributed by atoms with van der Waals surface area (Å²) in [6.07, 6.45) is 1.73. The second-order valence-electron chi connectivity index (χ2n) is 3.82. The van der Waals surface area contributed by atoms with Crippen LogP contribution < -0.4 is 27.2 Å². The molecule has 0 aromatic rings. The minimum absolute atomic E-state index is 0.0285. The third-order valence-corrected chi connectivity index (χ3v) is 2.29. The maximum absolute atomic E-state index is 11.4. The summed E-state index contributed by atoms with van der Waals surface area (Å²) in [4.78, 5) is 33.0. The number of hydrogen-bond acceptors (Lipinski definition) is 4. The molecule has 104 valence electrons. The summed E-state index contributed by atoms with van der Waals surface area (Å²) in [5, 5.41) is 15.4. The fraction of sp³-hybridized carbons (Fsp3) is 0.700. The molecule has 0 heterocycles. The second-order valence-corrected chi connectivity index (χ2v) is 3.82. The largest absolute Gasteiger partial charge is 0.548 e. The lowest BCUT2D eigenvalue weighted by Crippen LogP contribution is -2.58. The number of aliphatic carboxylic acids is 1. The van der Waals surface area contributed by atoms with Gasteiger partial charge in [0.1, 0.15) is 0 Å². The van der Waals surface area contributed by atoms with Crippen molar-refractivity contribution in [2.45, 2.75) is 25.3 Å². The van der Waals surface area contributed by atoms with Crippen molar-refractivity contribution in [2.75, 3.05) is 19.6 Å². The van der Waals surface area contributed by atoms with Crippen molar-refractivity contribution < 1.29 is 31.0 Å². The van der Waals surface area contributed by atoms with Crippen LogP contribution in [-0.2, 0) is 14.4 Å². The fourth-order valence-corrected chi connectivity index (χ4v) is 1.29. The third kappa shape index (κ3) is 7.58. The van der Waals surface area contributed by atoms with Crippen molar-refractivity contribution in [3.05, 3.63) is 0 Å². The Morgan fingerprint density at radius 1 is 1.11 bits per heavy atom.